The molecule has 0 saturated carbocycles. The normalized spacial score (nSPS) is 11.2. The highest BCUT2D eigenvalue weighted by Gasteiger charge is 2.09. The zero-order valence-corrected chi connectivity index (χ0v) is 12.4. The summed E-state index contributed by atoms with van der Waals surface area (Å²) < 4.78 is 0. The number of fused-ring (bicyclic) bond motifs is 1. The Labute approximate surface area is 119 Å². The molecule has 0 radical (unpaired) electrons. The van der Waals surface area contributed by atoms with Crippen LogP contribution >= 0.6 is 0 Å². The highest BCUT2D eigenvalue weighted by atomic mass is 15.2. The van der Waals surface area contributed by atoms with Crippen molar-refractivity contribution in [2.75, 3.05) is 43.9 Å². The average Bonchev–Trinajstić information content (AvgIpc) is 2.93. The first-order chi connectivity index (χ1) is 9.74. The van der Waals surface area contributed by atoms with E-state index in [2.05, 4.69) is 56.6 Å². The maximum Gasteiger partial charge on any atom is 0.226 e. The van der Waals surface area contributed by atoms with Crippen LogP contribution in [-0.4, -0.2) is 58.3 Å². The first kappa shape index (κ1) is 14.5. The second kappa shape index (κ2) is 7.04. The summed E-state index contributed by atoms with van der Waals surface area (Å²) in [7, 11) is 2.10. The Morgan fingerprint density at radius 1 is 1.20 bits per heavy atom. The van der Waals surface area contributed by atoms with Gasteiger partial charge in [0.1, 0.15) is 5.82 Å². The molecular formula is C13H23N7. The van der Waals surface area contributed by atoms with Crippen molar-refractivity contribution >= 4 is 22.8 Å². The zero-order chi connectivity index (χ0) is 14.4. The van der Waals surface area contributed by atoms with Gasteiger partial charge in [-0.25, -0.2) is 0 Å². The highest BCUT2D eigenvalue weighted by molar-refractivity contribution is 5.86. The largest absolute Gasteiger partial charge is 0.368 e. The van der Waals surface area contributed by atoms with E-state index in [1.807, 2.05) is 0 Å². The first-order valence-corrected chi connectivity index (χ1v) is 7.12. The lowest BCUT2D eigenvalue weighted by atomic mass is 10.4. The van der Waals surface area contributed by atoms with Gasteiger partial charge >= 0.3 is 0 Å². The molecule has 0 bridgehead atoms. The first-order valence-electron chi connectivity index (χ1n) is 7.12. The number of aromatic amines is 1. The molecule has 0 aliphatic heterocycles. The Balaban J connectivity index is 2.10. The minimum Gasteiger partial charge on any atom is -0.368 e. The lowest BCUT2D eigenvalue weighted by Gasteiger charge is -2.15. The van der Waals surface area contributed by atoms with Crippen molar-refractivity contribution in [3.63, 3.8) is 0 Å². The lowest BCUT2D eigenvalue weighted by molar-refractivity contribution is 0.367. The van der Waals surface area contributed by atoms with E-state index in [0.717, 1.165) is 49.5 Å². The molecule has 2 aromatic rings. The van der Waals surface area contributed by atoms with E-state index in [0.29, 0.717) is 5.95 Å². The van der Waals surface area contributed by atoms with E-state index in [-0.39, 0.29) is 0 Å². The summed E-state index contributed by atoms with van der Waals surface area (Å²) in [6.07, 6.45) is 2.79. The summed E-state index contributed by atoms with van der Waals surface area (Å²) in [6.45, 7) is 7.97. The SMILES string of the molecule is CCCNc1nc(NCCN(C)CC)c2cn[nH]c2n1. The number of likely N-dealkylation sites (N-methyl/N-ethyl adjacent to an activating group) is 1. The van der Waals surface area contributed by atoms with Gasteiger partial charge in [0, 0.05) is 19.6 Å². The smallest absolute Gasteiger partial charge is 0.226 e. The quantitative estimate of drug-likeness (QED) is 0.679. The van der Waals surface area contributed by atoms with Crippen LogP contribution in [0.2, 0.25) is 0 Å². The molecule has 0 aromatic carbocycles. The van der Waals surface area contributed by atoms with E-state index in [9.17, 15) is 0 Å². The summed E-state index contributed by atoms with van der Waals surface area (Å²) in [6, 6.07) is 0. The van der Waals surface area contributed by atoms with Gasteiger partial charge in [0.25, 0.3) is 0 Å². The molecule has 7 nitrogen and oxygen atoms in total. The van der Waals surface area contributed by atoms with Crippen molar-refractivity contribution in [1.82, 2.24) is 25.1 Å². The molecule has 7 heteroatoms. The monoisotopic (exact) mass is 277 g/mol. The highest BCUT2D eigenvalue weighted by Crippen LogP contribution is 2.19. The van der Waals surface area contributed by atoms with E-state index < -0.39 is 0 Å². The van der Waals surface area contributed by atoms with Crippen LogP contribution in [0.15, 0.2) is 6.20 Å². The third-order valence-corrected chi connectivity index (χ3v) is 3.17. The molecule has 0 aliphatic rings. The molecule has 0 atom stereocenters. The average molecular weight is 277 g/mol. The van der Waals surface area contributed by atoms with Gasteiger partial charge < -0.3 is 15.5 Å². The molecule has 20 heavy (non-hydrogen) atoms. The van der Waals surface area contributed by atoms with Crippen molar-refractivity contribution in [3.8, 4) is 0 Å². The maximum absolute atomic E-state index is 4.52. The number of hydrogen-bond acceptors (Lipinski definition) is 6. The molecule has 2 aromatic heterocycles. The van der Waals surface area contributed by atoms with Gasteiger partial charge in [0.2, 0.25) is 5.95 Å². The Morgan fingerprint density at radius 3 is 2.80 bits per heavy atom. The van der Waals surface area contributed by atoms with Gasteiger partial charge in [-0.15, -0.1) is 0 Å². The molecule has 3 N–H and O–H groups in total. The number of nitrogens with zero attached hydrogens (tertiary/aromatic N) is 4. The van der Waals surface area contributed by atoms with E-state index >= 15 is 0 Å². The van der Waals surface area contributed by atoms with Crippen LogP contribution in [0.1, 0.15) is 20.3 Å². The van der Waals surface area contributed by atoms with Crippen LogP contribution in [0.5, 0.6) is 0 Å². The molecule has 110 valence electrons. The van der Waals surface area contributed by atoms with Crippen molar-refractivity contribution in [2.24, 2.45) is 0 Å². The van der Waals surface area contributed by atoms with E-state index in [4.69, 9.17) is 0 Å². The number of hydrogen-bond donors (Lipinski definition) is 3. The maximum atomic E-state index is 4.52. The van der Waals surface area contributed by atoms with Gasteiger partial charge in [-0.1, -0.05) is 13.8 Å². The number of anilines is 2. The molecular weight excluding hydrogens is 254 g/mol. The Bertz CT molecular complexity index is 536. The van der Waals surface area contributed by atoms with Crippen molar-refractivity contribution in [3.05, 3.63) is 6.20 Å². The van der Waals surface area contributed by atoms with Crippen molar-refractivity contribution < 1.29 is 0 Å². The predicted octanol–water partition coefficient (Wildman–Crippen LogP) is 1.54. The van der Waals surface area contributed by atoms with E-state index in [1.165, 1.54) is 0 Å². The summed E-state index contributed by atoms with van der Waals surface area (Å²) in [5, 5.41) is 14.4. The lowest BCUT2D eigenvalue weighted by Crippen LogP contribution is -2.25. The van der Waals surface area contributed by atoms with Gasteiger partial charge in [-0.05, 0) is 20.0 Å². The predicted molar refractivity (Wildman–Crippen MR) is 82.1 cm³/mol. The Kier molecular flexibility index (Phi) is 5.11. The summed E-state index contributed by atoms with van der Waals surface area (Å²) in [5.74, 6) is 1.46. The van der Waals surface area contributed by atoms with Crippen LogP contribution in [0.3, 0.4) is 0 Å². The summed E-state index contributed by atoms with van der Waals surface area (Å²) in [5.41, 5.74) is 0.755. The molecule has 0 unspecified atom stereocenters. The fourth-order valence-corrected chi connectivity index (χ4v) is 1.81. The van der Waals surface area contributed by atoms with Crippen molar-refractivity contribution in [1.29, 1.82) is 0 Å². The topological polar surface area (TPSA) is 81.8 Å². The molecule has 0 spiro atoms. The minimum absolute atomic E-state index is 0.634. The van der Waals surface area contributed by atoms with Gasteiger partial charge in [-0.2, -0.15) is 15.1 Å². The third kappa shape index (κ3) is 3.57. The molecule has 2 rings (SSSR count). The molecule has 0 saturated heterocycles. The van der Waals surface area contributed by atoms with Gasteiger partial charge in [0.15, 0.2) is 5.65 Å². The standard InChI is InChI=1S/C13H23N7/c1-4-6-15-13-17-11(14-7-8-20(3)5-2)10-9-16-19-12(10)18-13/h9H,4-8H2,1-3H3,(H3,14,15,16,17,18,19). The van der Waals surface area contributed by atoms with E-state index in [1.54, 1.807) is 6.20 Å². The second-order valence-electron chi connectivity index (χ2n) is 4.78. The number of nitrogens with one attached hydrogen (secondary N) is 3. The molecule has 0 amide bonds. The van der Waals surface area contributed by atoms with Crippen molar-refractivity contribution in [2.45, 2.75) is 20.3 Å². The zero-order valence-electron chi connectivity index (χ0n) is 12.4. The second-order valence-corrected chi connectivity index (χ2v) is 4.78. The molecule has 0 fully saturated rings. The van der Waals surface area contributed by atoms with Crippen LogP contribution < -0.4 is 10.6 Å². The summed E-state index contributed by atoms with van der Waals surface area (Å²) in [4.78, 5) is 11.2. The fourth-order valence-electron chi connectivity index (χ4n) is 1.81. The Morgan fingerprint density at radius 2 is 2.05 bits per heavy atom. The fraction of sp³-hybridized carbons (Fsp3) is 0.615. The molecule has 2 heterocycles. The van der Waals surface area contributed by atoms with Gasteiger partial charge in [-0.3, -0.25) is 5.10 Å². The van der Waals surface area contributed by atoms with Gasteiger partial charge in [0.05, 0.1) is 11.6 Å². The number of aromatic nitrogens is 4. The van der Waals surface area contributed by atoms with Crippen LogP contribution in [-0.2, 0) is 0 Å². The Hall–Kier alpha value is -1.89. The van der Waals surface area contributed by atoms with Crippen LogP contribution in [0.25, 0.3) is 11.0 Å². The van der Waals surface area contributed by atoms with Crippen LogP contribution in [0.4, 0.5) is 11.8 Å². The number of H-pyrrole nitrogens is 1. The minimum atomic E-state index is 0.634. The molecule has 0 aliphatic carbocycles. The number of rotatable bonds is 8. The van der Waals surface area contributed by atoms with Crippen LogP contribution in [0, 0.1) is 0 Å². The third-order valence-electron chi connectivity index (χ3n) is 3.17. The summed E-state index contributed by atoms with van der Waals surface area (Å²) >= 11 is 0.